The van der Waals surface area contributed by atoms with Crippen molar-refractivity contribution in [2.24, 2.45) is 5.14 Å². The van der Waals surface area contributed by atoms with Gasteiger partial charge in [0, 0.05) is 14.2 Å². The van der Waals surface area contributed by atoms with Crippen LogP contribution < -0.4 is 9.86 Å². The summed E-state index contributed by atoms with van der Waals surface area (Å²) in [6.45, 7) is 0. The predicted octanol–water partition coefficient (Wildman–Crippen LogP) is -0.777. The summed E-state index contributed by atoms with van der Waals surface area (Å²) in [6, 6.07) is 0. The van der Waals surface area contributed by atoms with E-state index in [0.29, 0.717) is 0 Å². The molecule has 0 heterocycles. The van der Waals surface area contributed by atoms with Gasteiger partial charge in [0.1, 0.15) is 6.29 Å². The van der Waals surface area contributed by atoms with Gasteiger partial charge in [-0.2, -0.15) is 13.1 Å². The maximum absolute atomic E-state index is 11.2. The molecule has 0 bridgehead atoms. The number of nitrogens with one attached hydrogen (secondary N) is 1. The topological polar surface area (TPSA) is 108 Å². The van der Waals surface area contributed by atoms with Gasteiger partial charge in [0.05, 0.1) is 0 Å². The molecule has 74 valence electrons. The van der Waals surface area contributed by atoms with E-state index in [1.165, 1.54) is 0 Å². The molecular weight excluding hydrogens is 207 g/mol. The molecule has 3 N–H and O–H groups in total. The lowest BCUT2D eigenvalue weighted by Gasteiger charge is -2.12. The molecule has 7 nitrogen and oxygen atoms in total. The fourth-order valence-corrected chi connectivity index (χ4v) is 2.13. The Morgan fingerprint density at radius 2 is 1.83 bits per heavy atom. The van der Waals surface area contributed by atoms with E-state index in [0.717, 1.165) is 14.2 Å². The zero-order valence-corrected chi connectivity index (χ0v) is 8.39. The number of nitrogens with two attached hydrogens (primary N) is 1. The molecular formula is C3H11N2O5PS. The third kappa shape index (κ3) is 4.81. The van der Waals surface area contributed by atoms with Crippen LogP contribution in [-0.4, -0.2) is 28.9 Å². The van der Waals surface area contributed by atoms with Crippen molar-refractivity contribution in [3.8, 4) is 0 Å². The summed E-state index contributed by atoms with van der Waals surface area (Å²) >= 11 is 0. The predicted molar refractivity (Wildman–Crippen MR) is 42.7 cm³/mol. The van der Waals surface area contributed by atoms with Crippen LogP contribution in [0.2, 0.25) is 0 Å². The Labute approximate surface area is 70.9 Å². The van der Waals surface area contributed by atoms with Crippen LogP contribution in [0.1, 0.15) is 0 Å². The van der Waals surface area contributed by atoms with Gasteiger partial charge in [-0.15, -0.1) is 0 Å². The van der Waals surface area contributed by atoms with Crippen molar-refractivity contribution in [2.45, 2.75) is 0 Å². The molecule has 0 aliphatic carbocycles. The van der Waals surface area contributed by atoms with Crippen LogP contribution in [-0.2, 0) is 23.8 Å². The normalized spacial score (nSPS) is 13.2. The van der Waals surface area contributed by atoms with E-state index in [4.69, 9.17) is 0 Å². The van der Waals surface area contributed by atoms with Gasteiger partial charge in [-0.05, 0) is 0 Å². The number of rotatable bonds is 5. The molecule has 0 spiro atoms. The Kier molecular flexibility index (Phi) is 4.32. The van der Waals surface area contributed by atoms with Crippen molar-refractivity contribution in [2.75, 3.05) is 20.5 Å². The molecule has 0 fully saturated rings. The summed E-state index contributed by atoms with van der Waals surface area (Å²) in [5.41, 5.74) is 0. The molecule has 0 aromatic carbocycles. The van der Waals surface area contributed by atoms with Gasteiger partial charge in [0.15, 0.2) is 0 Å². The van der Waals surface area contributed by atoms with Crippen LogP contribution in [0.25, 0.3) is 0 Å². The third-order valence-corrected chi connectivity index (χ3v) is 3.43. The van der Waals surface area contributed by atoms with Crippen LogP contribution in [0.4, 0.5) is 0 Å². The molecule has 9 heteroatoms. The first-order valence-corrected chi connectivity index (χ1v) is 6.08. The first kappa shape index (κ1) is 12.0. The lowest BCUT2D eigenvalue weighted by Crippen LogP contribution is -2.31. The minimum Gasteiger partial charge on any atom is -0.311 e. The summed E-state index contributed by atoms with van der Waals surface area (Å²) in [5, 5.41) is 4.58. The summed E-state index contributed by atoms with van der Waals surface area (Å²) in [7, 11) is -4.91. The third-order valence-electron chi connectivity index (χ3n) is 1.02. The lowest BCUT2D eigenvalue weighted by molar-refractivity contribution is 0.275. The van der Waals surface area contributed by atoms with Crippen LogP contribution in [0.3, 0.4) is 0 Å². The molecule has 0 saturated carbocycles. The summed E-state index contributed by atoms with van der Waals surface area (Å²) in [4.78, 5) is 0. The van der Waals surface area contributed by atoms with Crippen molar-refractivity contribution < 1.29 is 22.0 Å². The van der Waals surface area contributed by atoms with Crippen molar-refractivity contribution in [1.29, 1.82) is 0 Å². The molecule has 0 atom stereocenters. The highest BCUT2D eigenvalue weighted by atomic mass is 32.2. The maximum Gasteiger partial charge on any atom is 0.344 e. The highest BCUT2D eigenvalue weighted by molar-refractivity contribution is 7.87. The smallest absolute Gasteiger partial charge is 0.311 e. The lowest BCUT2D eigenvalue weighted by atomic mass is 11.5. The number of hydrogen-bond donors (Lipinski definition) is 2. The average molecular weight is 218 g/mol. The minimum absolute atomic E-state index is 0.473. The minimum atomic E-state index is -3.86. The van der Waals surface area contributed by atoms with E-state index >= 15 is 0 Å². The van der Waals surface area contributed by atoms with Crippen LogP contribution in [0.15, 0.2) is 0 Å². The first-order chi connectivity index (χ1) is 5.33. The molecule has 0 rings (SSSR count). The van der Waals surface area contributed by atoms with E-state index in [9.17, 15) is 13.0 Å². The van der Waals surface area contributed by atoms with Crippen molar-refractivity contribution in [3.63, 3.8) is 0 Å². The van der Waals surface area contributed by atoms with E-state index in [2.05, 4.69) is 14.2 Å². The largest absolute Gasteiger partial charge is 0.344 e. The number of hydrogen-bond acceptors (Lipinski definition) is 5. The summed E-state index contributed by atoms with van der Waals surface area (Å²) < 4.78 is 42.5. The van der Waals surface area contributed by atoms with E-state index in [1.54, 1.807) is 4.72 Å². The molecule has 0 saturated heterocycles. The molecule has 0 aromatic rings. The zero-order chi connectivity index (χ0) is 9.83. The standard InChI is InChI=1S/C3H11N2O5PS/c1-9-11(6,10-2)3-5-12(4,7)8/h5H,3H2,1-2H3,(H2,4,7,8). The molecule has 0 radical (unpaired) electrons. The van der Waals surface area contributed by atoms with Gasteiger partial charge in [-0.25, -0.2) is 5.14 Å². The van der Waals surface area contributed by atoms with Gasteiger partial charge >= 0.3 is 7.60 Å². The zero-order valence-electron chi connectivity index (χ0n) is 6.68. The monoisotopic (exact) mass is 218 g/mol. The second-order valence-electron chi connectivity index (χ2n) is 1.82. The van der Waals surface area contributed by atoms with Crippen molar-refractivity contribution in [1.82, 2.24) is 4.72 Å². The average Bonchev–Trinajstić information content (AvgIpc) is 1.99. The first-order valence-electron chi connectivity index (χ1n) is 2.81. The van der Waals surface area contributed by atoms with Gasteiger partial charge in [-0.1, -0.05) is 0 Å². The van der Waals surface area contributed by atoms with Crippen molar-refractivity contribution >= 4 is 17.8 Å². The fraction of sp³-hybridized carbons (Fsp3) is 1.00. The van der Waals surface area contributed by atoms with Crippen LogP contribution >= 0.6 is 7.60 Å². The van der Waals surface area contributed by atoms with Gasteiger partial charge in [0.25, 0.3) is 10.2 Å². The Morgan fingerprint density at radius 1 is 1.42 bits per heavy atom. The maximum atomic E-state index is 11.2. The highest BCUT2D eigenvalue weighted by Crippen LogP contribution is 2.44. The van der Waals surface area contributed by atoms with Crippen LogP contribution in [0, 0.1) is 0 Å². The summed E-state index contributed by atoms with van der Waals surface area (Å²) in [6.07, 6.45) is -0.473. The Bertz CT molecular complexity index is 266. The van der Waals surface area contributed by atoms with Gasteiger partial charge in [0.2, 0.25) is 0 Å². The molecule has 12 heavy (non-hydrogen) atoms. The van der Waals surface area contributed by atoms with Gasteiger partial charge in [-0.3, -0.25) is 4.57 Å². The van der Waals surface area contributed by atoms with E-state index in [-0.39, 0.29) is 0 Å². The molecule has 0 aliphatic rings. The Morgan fingerprint density at radius 3 is 2.08 bits per heavy atom. The van der Waals surface area contributed by atoms with E-state index in [1.807, 2.05) is 0 Å². The van der Waals surface area contributed by atoms with Gasteiger partial charge < -0.3 is 9.05 Å². The molecule has 0 aliphatic heterocycles. The Hall–Kier alpha value is 0.0200. The second kappa shape index (κ2) is 4.31. The fourth-order valence-electron chi connectivity index (χ4n) is 0.373. The summed E-state index contributed by atoms with van der Waals surface area (Å²) in [5.74, 6) is 0. The van der Waals surface area contributed by atoms with Crippen LogP contribution in [0.5, 0.6) is 0 Å². The van der Waals surface area contributed by atoms with Crippen molar-refractivity contribution in [3.05, 3.63) is 0 Å². The Balaban J connectivity index is 4.17. The van der Waals surface area contributed by atoms with E-state index < -0.39 is 24.1 Å². The molecule has 0 unspecified atom stereocenters. The molecule has 0 aromatic heterocycles. The quantitative estimate of drug-likeness (QED) is 0.588. The SMILES string of the molecule is COP(=O)(CNS(N)(=O)=O)OC. The second-order valence-corrected chi connectivity index (χ2v) is 5.47. The molecule has 0 amide bonds. The highest BCUT2D eigenvalue weighted by Gasteiger charge is 2.22.